The lowest BCUT2D eigenvalue weighted by Crippen LogP contribution is -2.53. The van der Waals surface area contributed by atoms with E-state index < -0.39 is 0 Å². The summed E-state index contributed by atoms with van der Waals surface area (Å²) in [6.07, 6.45) is 1.70. The number of halogens is 3. The molecule has 0 saturated carbocycles. The SMILES string of the molecule is Cl.O=C(c1ccc(Br)cc1)N1CCCC(C(=O)N2CCN(c3ccccc3Cl)CC2)C1. The van der Waals surface area contributed by atoms with Crippen molar-refractivity contribution in [3.8, 4) is 0 Å². The van der Waals surface area contributed by atoms with E-state index in [1.165, 1.54) is 0 Å². The molecule has 1 unspecified atom stereocenters. The molecule has 8 heteroatoms. The van der Waals surface area contributed by atoms with Crippen LogP contribution in [-0.4, -0.2) is 60.9 Å². The summed E-state index contributed by atoms with van der Waals surface area (Å²) in [7, 11) is 0. The smallest absolute Gasteiger partial charge is 0.253 e. The van der Waals surface area contributed by atoms with E-state index in [9.17, 15) is 9.59 Å². The van der Waals surface area contributed by atoms with E-state index in [4.69, 9.17) is 11.6 Å². The molecule has 5 nitrogen and oxygen atoms in total. The number of likely N-dealkylation sites (tertiary alicyclic amines) is 1. The molecule has 2 fully saturated rings. The van der Waals surface area contributed by atoms with Crippen LogP contribution in [0.25, 0.3) is 0 Å². The Morgan fingerprint density at radius 1 is 0.903 bits per heavy atom. The molecule has 0 aromatic heterocycles. The number of carbonyl (C=O) groups excluding carboxylic acids is 2. The number of amides is 2. The number of carbonyl (C=O) groups is 2. The maximum atomic E-state index is 13.1. The van der Waals surface area contributed by atoms with Gasteiger partial charge in [0, 0.05) is 49.3 Å². The summed E-state index contributed by atoms with van der Waals surface area (Å²) >= 11 is 9.72. The number of piperazine rings is 1. The van der Waals surface area contributed by atoms with Gasteiger partial charge in [0.2, 0.25) is 5.91 Å². The third-order valence-corrected chi connectivity index (χ3v) is 6.78. The van der Waals surface area contributed by atoms with Crippen LogP contribution in [0, 0.1) is 5.92 Å². The Labute approximate surface area is 202 Å². The minimum Gasteiger partial charge on any atom is -0.367 e. The van der Waals surface area contributed by atoms with Crippen LogP contribution in [0.1, 0.15) is 23.2 Å². The third-order valence-electron chi connectivity index (χ3n) is 5.93. The zero-order valence-electron chi connectivity index (χ0n) is 17.2. The van der Waals surface area contributed by atoms with E-state index in [0.717, 1.165) is 41.1 Å². The number of para-hydroxylation sites is 1. The molecule has 2 aromatic carbocycles. The summed E-state index contributed by atoms with van der Waals surface area (Å²) in [6, 6.07) is 15.2. The lowest BCUT2D eigenvalue weighted by atomic mass is 9.95. The molecule has 1 atom stereocenters. The average molecular weight is 527 g/mol. The van der Waals surface area contributed by atoms with Crippen LogP contribution in [0.15, 0.2) is 53.0 Å². The van der Waals surface area contributed by atoms with Gasteiger partial charge in [-0.2, -0.15) is 0 Å². The molecule has 2 aliphatic heterocycles. The van der Waals surface area contributed by atoms with Gasteiger partial charge in [-0.1, -0.05) is 39.7 Å². The Balaban J connectivity index is 0.00000272. The van der Waals surface area contributed by atoms with Crippen molar-refractivity contribution in [3.05, 3.63) is 63.6 Å². The van der Waals surface area contributed by atoms with E-state index in [1.54, 1.807) is 0 Å². The lowest BCUT2D eigenvalue weighted by molar-refractivity contribution is -0.137. The predicted molar refractivity (Wildman–Crippen MR) is 130 cm³/mol. The summed E-state index contributed by atoms with van der Waals surface area (Å²) in [5, 5.41) is 0.742. The minimum absolute atomic E-state index is 0. The number of nitrogens with zero attached hydrogens (tertiary/aromatic N) is 3. The first-order valence-electron chi connectivity index (χ1n) is 10.4. The summed E-state index contributed by atoms with van der Waals surface area (Å²) in [5.41, 5.74) is 1.69. The van der Waals surface area contributed by atoms with Gasteiger partial charge in [-0.25, -0.2) is 0 Å². The molecule has 4 rings (SSSR count). The summed E-state index contributed by atoms with van der Waals surface area (Å²) < 4.78 is 0.946. The number of piperidine rings is 1. The van der Waals surface area contributed by atoms with Gasteiger partial charge in [-0.3, -0.25) is 9.59 Å². The van der Waals surface area contributed by atoms with Crippen molar-refractivity contribution in [3.63, 3.8) is 0 Å². The van der Waals surface area contributed by atoms with Gasteiger partial charge in [0.05, 0.1) is 16.6 Å². The maximum Gasteiger partial charge on any atom is 0.253 e. The molecule has 0 spiro atoms. The van der Waals surface area contributed by atoms with Gasteiger partial charge in [0.1, 0.15) is 0 Å². The Morgan fingerprint density at radius 2 is 1.58 bits per heavy atom. The van der Waals surface area contributed by atoms with Crippen molar-refractivity contribution >= 4 is 57.4 Å². The van der Waals surface area contributed by atoms with E-state index in [-0.39, 0.29) is 30.1 Å². The molecule has 0 bridgehead atoms. The highest BCUT2D eigenvalue weighted by atomic mass is 79.9. The van der Waals surface area contributed by atoms with Gasteiger partial charge >= 0.3 is 0 Å². The van der Waals surface area contributed by atoms with Crippen LogP contribution in [0.3, 0.4) is 0 Å². The highest BCUT2D eigenvalue weighted by molar-refractivity contribution is 9.10. The highest BCUT2D eigenvalue weighted by Gasteiger charge is 2.33. The van der Waals surface area contributed by atoms with Gasteiger partial charge in [-0.05, 0) is 49.2 Å². The monoisotopic (exact) mass is 525 g/mol. The number of hydrogen-bond acceptors (Lipinski definition) is 3. The van der Waals surface area contributed by atoms with Crippen LogP contribution in [0.5, 0.6) is 0 Å². The van der Waals surface area contributed by atoms with E-state index in [1.807, 2.05) is 58.3 Å². The first-order chi connectivity index (χ1) is 14.5. The second-order valence-electron chi connectivity index (χ2n) is 7.86. The van der Waals surface area contributed by atoms with Crippen molar-refractivity contribution in [1.29, 1.82) is 0 Å². The number of hydrogen-bond donors (Lipinski definition) is 0. The van der Waals surface area contributed by atoms with Crippen LogP contribution in [0.2, 0.25) is 5.02 Å². The quantitative estimate of drug-likeness (QED) is 0.581. The highest BCUT2D eigenvalue weighted by Crippen LogP contribution is 2.27. The minimum atomic E-state index is -0.120. The molecular formula is C23H26BrCl2N3O2. The molecule has 2 amide bonds. The lowest BCUT2D eigenvalue weighted by Gasteiger charge is -2.40. The van der Waals surface area contributed by atoms with Gasteiger partial charge < -0.3 is 14.7 Å². The fourth-order valence-corrected chi connectivity index (χ4v) is 4.79. The Bertz CT molecular complexity index is 917. The topological polar surface area (TPSA) is 43.9 Å². The van der Waals surface area contributed by atoms with Crippen molar-refractivity contribution in [1.82, 2.24) is 9.80 Å². The molecule has 0 radical (unpaired) electrons. The van der Waals surface area contributed by atoms with E-state index in [2.05, 4.69) is 20.8 Å². The molecule has 0 N–H and O–H groups in total. The first-order valence-corrected chi connectivity index (χ1v) is 11.5. The molecule has 2 aromatic rings. The second-order valence-corrected chi connectivity index (χ2v) is 9.18. The Kier molecular flexibility index (Phi) is 8.25. The van der Waals surface area contributed by atoms with Crippen LogP contribution in [0.4, 0.5) is 5.69 Å². The third kappa shape index (κ3) is 5.54. The van der Waals surface area contributed by atoms with Crippen molar-refractivity contribution in [2.24, 2.45) is 5.92 Å². The van der Waals surface area contributed by atoms with Crippen LogP contribution in [-0.2, 0) is 4.79 Å². The van der Waals surface area contributed by atoms with Crippen molar-refractivity contribution in [2.75, 3.05) is 44.2 Å². The fourth-order valence-electron chi connectivity index (χ4n) is 4.27. The van der Waals surface area contributed by atoms with E-state index >= 15 is 0 Å². The first kappa shape index (κ1) is 23.9. The zero-order valence-corrected chi connectivity index (χ0v) is 20.3. The zero-order chi connectivity index (χ0) is 21.1. The van der Waals surface area contributed by atoms with Gasteiger partial charge in [-0.15, -0.1) is 12.4 Å². The average Bonchev–Trinajstić information content (AvgIpc) is 2.79. The van der Waals surface area contributed by atoms with Crippen molar-refractivity contribution in [2.45, 2.75) is 12.8 Å². The molecule has 2 heterocycles. The molecule has 2 saturated heterocycles. The largest absolute Gasteiger partial charge is 0.367 e. The predicted octanol–water partition coefficient (Wildman–Crippen LogP) is 4.73. The molecule has 166 valence electrons. The van der Waals surface area contributed by atoms with E-state index in [0.29, 0.717) is 31.7 Å². The number of benzene rings is 2. The Morgan fingerprint density at radius 3 is 2.26 bits per heavy atom. The van der Waals surface area contributed by atoms with Crippen molar-refractivity contribution < 1.29 is 9.59 Å². The number of rotatable bonds is 3. The standard InChI is InChI=1S/C23H25BrClN3O2.ClH/c24-19-9-7-17(8-10-19)22(29)28-11-3-4-18(16-28)23(30)27-14-12-26(13-15-27)21-6-2-1-5-20(21)25;/h1-2,5-10,18H,3-4,11-16H2;1H. The molecule has 31 heavy (non-hydrogen) atoms. The summed E-state index contributed by atoms with van der Waals surface area (Å²) in [6.45, 7) is 4.10. The van der Waals surface area contributed by atoms with Crippen LogP contribution < -0.4 is 4.90 Å². The normalized spacial score (nSPS) is 19.0. The summed E-state index contributed by atoms with van der Waals surface area (Å²) in [4.78, 5) is 32.0. The second kappa shape index (κ2) is 10.7. The van der Waals surface area contributed by atoms with Gasteiger partial charge in [0.25, 0.3) is 5.91 Å². The maximum absolute atomic E-state index is 13.1. The summed E-state index contributed by atoms with van der Waals surface area (Å²) in [5.74, 6) is 0.0515. The fraction of sp³-hybridized carbons (Fsp3) is 0.391. The Hall–Kier alpha value is -1.76. The van der Waals surface area contributed by atoms with Crippen LogP contribution >= 0.6 is 39.9 Å². The number of anilines is 1. The molecule has 0 aliphatic carbocycles. The molecular weight excluding hydrogens is 501 g/mol. The van der Waals surface area contributed by atoms with Gasteiger partial charge in [0.15, 0.2) is 0 Å². The molecule has 2 aliphatic rings.